The van der Waals surface area contributed by atoms with Crippen LogP contribution >= 0.6 is 23.2 Å². The lowest BCUT2D eigenvalue weighted by Crippen LogP contribution is -2.42. The normalized spacial score (nSPS) is 15.3. The third kappa shape index (κ3) is 6.11. The predicted octanol–water partition coefficient (Wildman–Crippen LogP) is 4.77. The first-order valence-electron chi connectivity index (χ1n) is 10.1. The Labute approximate surface area is 183 Å². The summed E-state index contributed by atoms with van der Waals surface area (Å²) in [5.41, 5.74) is 3.38. The van der Waals surface area contributed by atoms with Gasteiger partial charge in [-0.2, -0.15) is 0 Å². The Bertz CT molecular complexity index is 797. The van der Waals surface area contributed by atoms with E-state index in [1.165, 1.54) is 5.56 Å². The molecule has 1 saturated heterocycles. The minimum Gasteiger partial charge on any atom is -0.373 e. The van der Waals surface area contributed by atoms with Crippen molar-refractivity contribution >= 4 is 34.8 Å². The standard InChI is InChI=1S/C23H29Cl2N3O/c1-17-6-8-19(9-7-17)27(2)15-12-26-23(29)18-10-13-28(14-11-18)16-20-21(24)4-3-5-22(20)25/h3-9,18H,10-16H2,1-2H3,(H,26,29). The predicted molar refractivity (Wildman–Crippen MR) is 122 cm³/mol. The second kappa shape index (κ2) is 10.3. The molecule has 0 atom stereocenters. The van der Waals surface area contributed by atoms with Crippen LogP contribution < -0.4 is 10.2 Å². The lowest BCUT2D eigenvalue weighted by atomic mass is 9.95. The molecule has 29 heavy (non-hydrogen) atoms. The average Bonchev–Trinajstić information content (AvgIpc) is 2.71. The number of carbonyl (C=O) groups is 1. The van der Waals surface area contributed by atoms with Crippen LogP contribution in [0.4, 0.5) is 5.69 Å². The maximum atomic E-state index is 12.5. The largest absolute Gasteiger partial charge is 0.373 e. The quantitative estimate of drug-likeness (QED) is 0.682. The lowest BCUT2D eigenvalue weighted by molar-refractivity contribution is -0.126. The van der Waals surface area contributed by atoms with Crippen LogP contribution in [0.15, 0.2) is 42.5 Å². The number of piperidine rings is 1. The van der Waals surface area contributed by atoms with Crippen LogP contribution in [0.1, 0.15) is 24.0 Å². The van der Waals surface area contributed by atoms with Gasteiger partial charge in [-0.1, -0.05) is 47.0 Å². The van der Waals surface area contributed by atoms with E-state index in [0.29, 0.717) is 16.6 Å². The van der Waals surface area contributed by atoms with E-state index in [1.807, 2.05) is 18.2 Å². The number of carbonyl (C=O) groups excluding carboxylic acids is 1. The number of nitrogens with zero attached hydrogens (tertiary/aromatic N) is 2. The molecule has 0 aliphatic carbocycles. The maximum Gasteiger partial charge on any atom is 0.223 e. The van der Waals surface area contributed by atoms with Gasteiger partial charge in [0.05, 0.1) is 0 Å². The first-order chi connectivity index (χ1) is 13.9. The van der Waals surface area contributed by atoms with Crippen molar-refractivity contribution in [2.75, 3.05) is 38.1 Å². The summed E-state index contributed by atoms with van der Waals surface area (Å²) in [6.07, 6.45) is 1.73. The van der Waals surface area contributed by atoms with Gasteiger partial charge in [-0.05, 0) is 57.1 Å². The summed E-state index contributed by atoms with van der Waals surface area (Å²) in [6, 6.07) is 14.0. The number of likely N-dealkylation sites (tertiary alicyclic amines) is 1. The summed E-state index contributed by atoms with van der Waals surface area (Å²) in [7, 11) is 2.05. The molecule has 2 aromatic carbocycles. The smallest absolute Gasteiger partial charge is 0.223 e. The zero-order valence-electron chi connectivity index (χ0n) is 17.1. The van der Waals surface area contributed by atoms with Crippen molar-refractivity contribution in [3.8, 4) is 0 Å². The van der Waals surface area contributed by atoms with E-state index in [-0.39, 0.29) is 11.8 Å². The third-order valence-corrected chi connectivity index (χ3v) is 6.33. The Hall–Kier alpha value is -1.75. The Morgan fingerprint density at radius 1 is 1.10 bits per heavy atom. The first kappa shape index (κ1) is 21.9. The van der Waals surface area contributed by atoms with Crippen LogP contribution in [0.2, 0.25) is 10.0 Å². The van der Waals surface area contributed by atoms with E-state index in [0.717, 1.165) is 50.3 Å². The van der Waals surface area contributed by atoms with Crippen molar-refractivity contribution in [2.24, 2.45) is 5.92 Å². The van der Waals surface area contributed by atoms with Gasteiger partial charge in [0.1, 0.15) is 0 Å². The molecule has 2 aromatic rings. The molecule has 1 amide bonds. The number of amides is 1. The zero-order valence-corrected chi connectivity index (χ0v) is 18.6. The minimum absolute atomic E-state index is 0.0812. The van der Waals surface area contributed by atoms with Gasteiger partial charge in [0, 0.05) is 53.9 Å². The summed E-state index contributed by atoms with van der Waals surface area (Å²) in [5, 5.41) is 4.51. The molecule has 0 bridgehead atoms. The van der Waals surface area contributed by atoms with Crippen molar-refractivity contribution in [1.82, 2.24) is 10.2 Å². The van der Waals surface area contributed by atoms with Gasteiger partial charge in [-0.3, -0.25) is 9.69 Å². The monoisotopic (exact) mass is 433 g/mol. The van der Waals surface area contributed by atoms with Crippen molar-refractivity contribution in [3.05, 3.63) is 63.6 Å². The van der Waals surface area contributed by atoms with Crippen molar-refractivity contribution < 1.29 is 4.79 Å². The van der Waals surface area contributed by atoms with Gasteiger partial charge in [0.25, 0.3) is 0 Å². The van der Waals surface area contributed by atoms with Crippen LogP contribution in [0, 0.1) is 12.8 Å². The highest BCUT2D eigenvalue weighted by atomic mass is 35.5. The van der Waals surface area contributed by atoms with E-state index in [9.17, 15) is 4.79 Å². The molecule has 4 nitrogen and oxygen atoms in total. The molecular weight excluding hydrogens is 405 g/mol. The molecule has 1 aliphatic heterocycles. The van der Waals surface area contributed by atoms with Gasteiger partial charge in [-0.15, -0.1) is 0 Å². The fourth-order valence-corrected chi connectivity index (χ4v) is 4.20. The lowest BCUT2D eigenvalue weighted by Gasteiger charge is -2.31. The maximum absolute atomic E-state index is 12.5. The topological polar surface area (TPSA) is 35.6 Å². The van der Waals surface area contributed by atoms with Gasteiger partial charge >= 0.3 is 0 Å². The SMILES string of the molecule is Cc1ccc(N(C)CCNC(=O)C2CCN(Cc3c(Cl)cccc3Cl)CC2)cc1. The molecule has 3 rings (SSSR count). The summed E-state index contributed by atoms with van der Waals surface area (Å²) in [6.45, 7) is 6.01. The van der Waals surface area contributed by atoms with E-state index < -0.39 is 0 Å². The summed E-state index contributed by atoms with van der Waals surface area (Å²) in [5.74, 6) is 0.246. The molecule has 1 fully saturated rings. The van der Waals surface area contributed by atoms with Crippen molar-refractivity contribution in [3.63, 3.8) is 0 Å². The van der Waals surface area contributed by atoms with E-state index >= 15 is 0 Å². The molecule has 0 radical (unpaired) electrons. The Morgan fingerprint density at radius 3 is 2.34 bits per heavy atom. The zero-order chi connectivity index (χ0) is 20.8. The number of rotatable bonds is 7. The average molecular weight is 434 g/mol. The number of halogens is 2. The molecule has 0 aromatic heterocycles. The number of hydrogen-bond donors (Lipinski definition) is 1. The van der Waals surface area contributed by atoms with E-state index in [2.05, 4.69) is 53.4 Å². The Morgan fingerprint density at radius 2 is 1.72 bits per heavy atom. The first-order valence-corrected chi connectivity index (χ1v) is 10.9. The number of likely N-dealkylation sites (N-methyl/N-ethyl adjacent to an activating group) is 1. The highest BCUT2D eigenvalue weighted by Gasteiger charge is 2.25. The number of nitrogens with one attached hydrogen (secondary N) is 1. The molecule has 6 heteroatoms. The summed E-state index contributed by atoms with van der Waals surface area (Å²) in [4.78, 5) is 17.0. The van der Waals surface area contributed by atoms with Crippen LogP contribution in [0.5, 0.6) is 0 Å². The number of aryl methyl sites for hydroxylation is 1. The number of anilines is 1. The van der Waals surface area contributed by atoms with Crippen LogP contribution in [0.3, 0.4) is 0 Å². The molecule has 156 valence electrons. The second-order valence-corrected chi connectivity index (χ2v) is 8.61. The van der Waals surface area contributed by atoms with Crippen molar-refractivity contribution in [2.45, 2.75) is 26.3 Å². The molecule has 0 spiro atoms. The van der Waals surface area contributed by atoms with Crippen molar-refractivity contribution in [1.29, 1.82) is 0 Å². The highest BCUT2D eigenvalue weighted by molar-refractivity contribution is 6.35. The molecule has 1 heterocycles. The highest BCUT2D eigenvalue weighted by Crippen LogP contribution is 2.27. The molecule has 0 saturated carbocycles. The summed E-state index contributed by atoms with van der Waals surface area (Å²) >= 11 is 12.6. The second-order valence-electron chi connectivity index (χ2n) is 7.80. The minimum atomic E-state index is 0.0812. The number of hydrogen-bond acceptors (Lipinski definition) is 3. The Kier molecular flexibility index (Phi) is 7.82. The third-order valence-electron chi connectivity index (χ3n) is 5.62. The van der Waals surface area contributed by atoms with Gasteiger partial charge < -0.3 is 10.2 Å². The molecular formula is C23H29Cl2N3O. The van der Waals surface area contributed by atoms with Gasteiger partial charge in [-0.25, -0.2) is 0 Å². The molecule has 1 N–H and O–H groups in total. The fourth-order valence-electron chi connectivity index (χ4n) is 3.68. The van der Waals surface area contributed by atoms with Gasteiger partial charge in [0.2, 0.25) is 5.91 Å². The van der Waals surface area contributed by atoms with E-state index in [4.69, 9.17) is 23.2 Å². The van der Waals surface area contributed by atoms with Gasteiger partial charge in [0.15, 0.2) is 0 Å². The van der Waals surface area contributed by atoms with Crippen LogP contribution in [-0.4, -0.2) is 44.0 Å². The molecule has 0 unspecified atom stereocenters. The number of benzene rings is 2. The Balaban J connectivity index is 1.40. The fraction of sp³-hybridized carbons (Fsp3) is 0.435. The molecule has 1 aliphatic rings. The van der Waals surface area contributed by atoms with Crippen LogP contribution in [-0.2, 0) is 11.3 Å². The van der Waals surface area contributed by atoms with E-state index in [1.54, 1.807) is 0 Å². The summed E-state index contributed by atoms with van der Waals surface area (Å²) < 4.78 is 0. The van der Waals surface area contributed by atoms with Crippen LogP contribution in [0.25, 0.3) is 0 Å².